The molecule has 2 heterocycles. The third-order valence-electron chi connectivity index (χ3n) is 4.24. The van der Waals surface area contributed by atoms with Crippen LogP contribution in [0, 0.1) is 17.5 Å². The van der Waals surface area contributed by atoms with Crippen LogP contribution in [0.15, 0.2) is 24.5 Å². The molecule has 4 rings (SSSR count). The SMILES string of the molecule is CCc1c(F)cncc1-c1nc2cc(F)c(F)cc2n1C1CC1. The number of nitrogens with zero attached hydrogens (tertiary/aromatic N) is 3. The smallest absolute Gasteiger partial charge is 0.161 e. The van der Waals surface area contributed by atoms with Crippen molar-refractivity contribution in [2.24, 2.45) is 0 Å². The van der Waals surface area contributed by atoms with Gasteiger partial charge in [0.1, 0.15) is 11.6 Å². The lowest BCUT2D eigenvalue weighted by atomic mass is 10.1. The lowest BCUT2D eigenvalue weighted by Crippen LogP contribution is -2.02. The Hall–Kier alpha value is -2.37. The Morgan fingerprint density at radius 3 is 2.52 bits per heavy atom. The third kappa shape index (κ3) is 2.20. The van der Waals surface area contributed by atoms with Crippen LogP contribution in [0.3, 0.4) is 0 Å². The zero-order chi connectivity index (χ0) is 16.1. The van der Waals surface area contributed by atoms with Crippen LogP contribution in [0.4, 0.5) is 13.2 Å². The number of fused-ring (bicyclic) bond motifs is 1. The molecule has 0 aliphatic heterocycles. The molecule has 1 aliphatic rings. The number of hydrogen-bond acceptors (Lipinski definition) is 2. The minimum atomic E-state index is -0.933. The van der Waals surface area contributed by atoms with Crippen molar-refractivity contribution in [2.75, 3.05) is 0 Å². The first-order valence-electron chi connectivity index (χ1n) is 7.60. The van der Waals surface area contributed by atoms with Gasteiger partial charge < -0.3 is 4.57 Å². The Balaban J connectivity index is 2.04. The topological polar surface area (TPSA) is 30.7 Å². The first-order chi connectivity index (χ1) is 11.1. The van der Waals surface area contributed by atoms with Crippen molar-refractivity contribution in [2.45, 2.75) is 32.2 Å². The van der Waals surface area contributed by atoms with Crippen LogP contribution < -0.4 is 0 Å². The van der Waals surface area contributed by atoms with Gasteiger partial charge in [-0.15, -0.1) is 0 Å². The fraction of sp³-hybridized carbons (Fsp3) is 0.294. The van der Waals surface area contributed by atoms with Crippen LogP contribution in [0.5, 0.6) is 0 Å². The quantitative estimate of drug-likeness (QED) is 0.716. The molecule has 3 nitrogen and oxygen atoms in total. The summed E-state index contributed by atoms with van der Waals surface area (Å²) < 4.78 is 43.1. The summed E-state index contributed by atoms with van der Waals surface area (Å²) in [6.07, 6.45) is 5.12. The van der Waals surface area contributed by atoms with Crippen molar-refractivity contribution in [3.63, 3.8) is 0 Å². The number of aromatic nitrogens is 3. The van der Waals surface area contributed by atoms with Crippen LogP contribution in [-0.2, 0) is 6.42 Å². The maximum atomic E-state index is 14.0. The molecule has 1 aromatic carbocycles. The molecule has 1 fully saturated rings. The van der Waals surface area contributed by atoms with E-state index >= 15 is 0 Å². The number of hydrogen-bond donors (Lipinski definition) is 0. The molecule has 0 atom stereocenters. The van der Waals surface area contributed by atoms with Gasteiger partial charge in [-0.25, -0.2) is 18.2 Å². The molecule has 23 heavy (non-hydrogen) atoms. The maximum absolute atomic E-state index is 14.0. The predicted octanol–water partition coefficient (Wildman–Crippen LogP) is 4.41. The molecule has 0 unspecified atom stereocenters. The molecular formula is C17H14F3N3. The zero-order valence-electron chi connectivity index (χ0n) is 12.5. The Kier molecular flexibility index (Phi) is 3.14. The van der Waals surface area contributed by atoms with E-state index in [0.29, 0.717) is 34.4 Å². The highest BCUT2D eigenvalue weighted by Gasteiger charge is 2.30. The average molecular weight is 317 g/mol. The van der Waals surface area contributed by atoms with Crippen LogP contribution in [-0.4, -0.2) is 14.5 Å². The van der Waals surface area contributed by atoms with Crippen molar-refractivity contribution >= 4 is 11.0 Å². The van der Waals surface area contributed by atoms with E-state index in [-0.39, 0.29) is 6.04 Å². The monoisotopic (exact) mass is 317 g/mol. The average Bonchev–Trinajstić information content (AvgIpc) is 3.30. The van der Waals surface area contributed by atoms with E-state index in [0.717, 1.165) is 25.0 Å². The molecule has 1 saturated carbocycles. The van der Waals surface area contributed by atoms with E-state index in [2.05, 4.69) is 9.97 Å². The predicted molar refractivity (Wildman–Crippen MR) is 80.5 cm³/mol. The standard InChI is InChI=1S/C17H14F3N3/c1-2-10-11(7-21-8-14(10)20)17-22-15-5-12(18)13(19)6-16(15)23(17)9-3-4-9/h5-9H,2-4H2,1H3. The van der Waals surface area contributed by atoms with Crippen molar-refractivity contribution < 1.29 is 13.2 Å². The molecule has 1 aliphatic carbocycles. The van der Waals surface area contributed by atoms with Gasteiger partial charge in [0.2, 0.25) is 0 Å². The van der Waals surface area contributed by atoms with Crippen molar-refractivity contribution in [1.82, 2.24) is 14.5 Å². The Bertz CT molecular complexity index is 913. The third-order valence-corrected chi connectivity index (χ3v) is 4.24. The minimum Gasteiger partial charge on any atom is -0.321 e. The second-order valence-corrected chi connectivity index (χ2v) is 5.79. The molecule has 0 saturated heterocycles. The van der Waals surface area contributed by atoms with Gasteiger partial charge in [-0.3, -0.25) is 4.98 Å². The molecule has 0 bridgehead atoms. The fourth-order valence-electron chi connectivity index (χ4n) is 3.00. The van der Waals surface area contributed by atoms with Gasteiger partial charge in [0.05, 0.1) is 17.2 Å². The maximum Gasteiger partial charge on any atom is 0.161 e. The summed E-state index contributed by atoms with van der Waals surface area (Å²) in [5.74, 6) is -1.70. The van der Waals surface area contributed by atoms with Gasteiger partial charge >= 0.3 is 0 Å². The summed E-state index contributed by atoms with van der Waals surface area (Å²) in [5, 5.41) is 0. The Morgan fingerprint density at radius 1 is 1.09 bits per heavy atom. The molecule has 0 N–H and O–H groups in total. The molecule has 0 radical (unpaired) electrons. The van der Waals surface area contributed by atoms with Gasteiger partial charge in [0.25, 0.3) is 0 Å². The molecule has 0 amide bonds. The van der Waals surface area contributed by atoms with E-state index < -0.39 is 17.5 Å². The van der Waals surface area contributed by atoms with Gasteiger partial charge in [-0.2, -0.15) is 0 Å². The van der Waals surface area contributed by atoms with Gasteiger partial charge in [0, 0.05) is 35.5 Å². The summed E-state index contributed by atoms with van der Waals surface area (Å²) in [7, 11) is 0. The first kappa shape index (κ1) is 14.2. The molecule has 118 valence electrons. The molecule has 3 aromatic rings. The first-order valence-corrected chi connectivity index (χ1v) is 7.60. The highest BCUT2D eigenvalue weighted by atomic mass is 19.2. The van der Waals surface area contributed by atoms with E-state index in [1.807, 2.05) is 11.5 Å². The summed E-state index contributed by atoms with van der Waals surface area (Å²) in [4.78, 5) is 8.36. The highest BCUT2D eigenvalue weighted by Crippen LogP contribution is 2.42. The van der Waals surface area contributed by atoms with Crippen molar-refractivity contribution in [3.05, 3.63) is 47.5 Å². The zero-order valence-corrected chi connectivity index (χ0v) is 12.5. The second kappa shape index (κ2) is 5.08. The largest absolute Gasteiger partial charge is 0.321 e. The minimum absolute atomic E-state index is 0.188. The summed E-state index contributed by atoms with van der Waals surface area (Å²) >= 11 is 0. The van der Waals surface area contributed by atoms with E-state index in [9.17, 15) is 13.2 Å². The van der Waals surface area contributed by atoms with E-state index in [1.54, 1.807) is 6.20 Å². The van der Waals surface area contributed by atoms with Gasteiger partial charge in [-0.1, -0.05) is 6.92 Å². The highest BCUT2D eigenvalue weighted by molar-refractivity contribution is 5.81. The van der Waals surface area contributed by atoms with Crippen molar-refractivity contribution in [1.29, 1.82) is 0 Å². The van der Waals surface area contributed by atoms with E-state index in [4.69, 9.17) is 0 Å². The number of benzene rings is 1. The molecule has 0 spiro atoms. The summed E-state index contributed by atoms with van der Waals surface area (Å²) in [5.41, 5.74) is 2.00. The second-order valence-electron chi connectivity index (χ2n) is 5.79. The van der Waals surface area contributed by atoms with Crippen LogP contribution in [0.2, 0.25) is 0 Å². The molecular weight excluding hydrogens is 303 g/mol. The summed E-state index contributed by atoms with van der Waals surface area (Å²) in [6.45, 7) is 1.85. The van der Waals surface area contributed by atoms with Crippen LogP contribution in [0.25, 0.3) is 22.4 Å². The van der Waals surface area contributed by atoms with Crippen LogP contribution in [0.1, 0.15) is 31.4 Å². The lowest BCUT2D eigenvalue weighted by Gasteiger charge is -2.11. The van der Waals surface area contributed by atoms with Gasteiger partial charge in [-0.05, 0) is 19.3 Å². The summed E-state index contributed by atoms with van der Waals surface area (Å²) in [6, 6.07) is 2.44. The van der Waals surface area contributed by atoms with Crippen molar-refractivity contribution in [3.8, 4) is 11.4 Å². The Morgan fingerprint density at radius 2 is 1.83 bits per heavy atom. The normalized spacial score (nSPS) is 14.6. The number of imidazole rings is 1. The number of halogens is 3. The molecule has 6 heteroatoms. The van der Waals surface area contributed by atoms with Crippen LogP contribution >= 0.6 is 0 Å². The Labute approximate surface area is 130 Å². The number of rotatable bonds is 3. The van der Waals surface area contributed by atoms with Gasteiger partial charge in [0.15, 0.2) is 11.6 Å². The fourth-order valence-corrected chi connectivity index (χ4v) is 3.00. The molecule has 2 aromatic heterocycles. The lowest BCUT2D eigenvalue weighted by molar-refractivity contribution is 0.510. The number of pyridine rings is 1. The van der Waals surface area contributed by atoms with E-state index in [1.165, 1.54) is 6.20 Å².